The smallest absolute Gasteiger partial charge is 1.00 e. The van der Waals surface area contributed by atoms with Crippen molar-refractivity contribution in [2.45, 2.75) is 66.8 Å². The molecule has 0 unspecified atom stereocenters. The van der Waals surface area contributed by atoms with Crippen LogP contribution in [0, 0.1) is 17.5 Å². The van der Waals surface area contributed by atoms with E-state index in [1.807, 2.05) is 78.1 Å². The van der Waals surface area contributed by atoms with Crippen LogP contribution in [0.25, 0.3) is 33.1 Å². The van der Waals surface area contributed by atoms with Crippen molar-refractivity contribution >= 4 is 121 Å². The third-order valence-corrected chi connectivity index (χ3v) is 16.3. The average molecular weight is 1460 g/mol. The van der Waals surface area contributed by atoms with Gasteiger partial charge in [-0.15, -0.1) is 11.6 Å². The third-order valence-electron chi connectivity index (χ3n) is 15.2. The van der Waals surface area contributed by atoms with Crippen molar-refractivity contribution in [3.63, 3.8) is 0 Å². The van der Waals surface area contributed by atoms with Gasteiger partial charge in [0, 0.05) is 136 Å². The number of anilines is 3. The van der Waals surface area contributed by atoms with Crippen molar-refractivity contribution in [3.05, 3.63) is 142 Å². The normalized spacial score (nSPS) is 15.6. The van der Waals surface area contributed by atoms with Gasteiger partial charge in [-0.3, -0.25) is 29.0 Å². The van der Waals surface area contributed by atoms with Gasteiger partial charge in [0.25, 0.3) is 6.47 Å². The fraction of sp³-hybridized carbons (Fsp3) is 0.365. The van der Waals surface area contributed by atoms with Crippen LogP contribution in [0.4, 0.5) is 30.2 Å². The van der Waals surface area contributed by atoms with Crippen LogP contribution >= 0.6 is 46.4 Å². The minimum atomic E-state index is -0.406. The van der Waals surface area contributed by atoms with E-state index in [9.17, 15) is 27.6 Å². The van der Waals surface area contributed by atoms with Gasteiger partial charge in [-0.1, -0.05) is 49.7 Å². The number of halogens is 7. The predicted molar refractivity (Wildman–Crippen MR) is 355 cm³/mol. The van der Waals surface area contributed by atoms with Gasteiger partial charge in [0.05, 0.1) is 65.9 Å². The molecule has 0 spiro atoms. The number of carbonyl (C=O) groups is 4. The minimum Gasteiger partial charge on any atom is -1.00 e. The largest absolute Gasteiger partial charge is 1.00 e. The summed E-state index contributed by atoms with van der Waals surface area (Å²) in [6.45, 7) is 10.5. The summed E-state index contributed by atoms with van der Waals surface area (Å²) in [6, 6.07) is 19.7. The number of piperazine rings is 3. The summed E-state index contributed by atoms with van der Waals surface area (Å²) >= 11 is 23.5. The number of methoxy groups -OCH3 is 3. The van der Waals surface area contributed by atoms with E-state index in [1.165, 1.54) is 39.5 Å². The van der Waals surface area contributed by atoms with E-state index in [1.54, 1.807) is 73.2 Å². The predicted octanol–water partition coefficient (Wildman–Crippen LogP) is 3.49. The van der Waals surface area contributed by atoms with Crippen LogP contribution < -0.4 is 137 Å². The Morgan fingerprint density at radius 1 is 0.615 bits per heavy atom. The number of carbonyl (C=O) groups excluding carboxylic acids is 4. The quantitative estimate of drug-likeness (QED) is 0.0604. The molecule has 506 valence electrons. The van der Waals surface area contributed by atoms with E-state index in [2.05, 4.69) is 40.2 Å². The second-order valence-electron chi connectivity index (χ2n) is 21.1. The van der Waals surface area contributed by atoms with Gasteiger partial charge >= 0.3 is 103 Å². The molecule has 0 saturated carbocycles. The first-order chi connectivity index (χ1) is 44.3. The van der Waals surface area contributed by atoms with Crippen molar-refractivity contribution in [2.24, 2.45) is 0 Å². The summed E-state index contributed by atoms with van der Waals surface area (Å²) < 4.78 is 61.8. The maximum absolute atomic E-state index is 14.5. The standard InChI is InChI=1S/2C20H21ClFN5O2.C14H17Cl2FN2O2.C6H5N3.CH2O3.2CH4.2K.H/c1-13-11-25(17-9-18(29-2)15(21)8-16(17)22)6-7-26(13)19(28)12-27-20-14(10-24-27)4-3-5-23-20;1-13-10-25(17-9-18(29-2)15(21)8-16(17)22)6-7-27(13)19(28)12-26-11-14-4-3-5-23-20(14)24-26;1-9-8-18(3-4-19(9)14(20)7-15)12-6-13(21-2)10(16)5-11(12)17;1-2-5-4-8-9-6(5)7-3-1;2-1-4-3;;;;;/h3-5,8-10,13H,6-7,11-12H2,1-2H3;3-5,8-9,11,13H,6-7,10,12H2,1-2H3;5-6,9H,3-4,7-8H2,1-2H3;1-4H,(H,7,8,9);1,3H;2*1H4;;;/q;;;;;;;2*+1;-1/p-1/t2*13-;9-;;;;;;;/m000......./s1. The van der Waals surface area contributed by atoms with Crippen LogP contribution in [-0.2, 0) is 37.2 Å². The van der Waals surface area contributed by atoms with Gasteiger partial charge in [-0.2, -0.15) is 15.3 Å². The van der Waals surface area contributed by atoms with Crippen molar-refractivity contribution in [1.29, 1.82) is 0 Å². The molecule has 9 aromatic rings. The Labute approximate surface area is 660 Å². The molecule has 6 aromatic heterocycles. The number of rotatable bonds is 12. The summed E-state index contributed by atoms with van der Waals surface area (Å²) in [5.41, 5.74) is 3.42. The monoisotopic (exact) mass is 1460 g/mol. The Morgan fingerprint density at radius 2 is 1.03 bits per heavy atom. The molecule has 96 heavy (non-hydrogen) atoms. The number of fused-ring (bicyclic) bond motifs is 3. The molecule has 3 aliphatic heterocycles. The molecule has 3 fully saturated rings. The van der Waals surface area contributed by atoms with Gasteiger partial charge in [-0.05, 0) is 75.4 Å². The van der Waals surface area contributed by atoms with Crippen LogP contribution in [0.3, 0.4) is 0 Å². The zero-order chi connectivity index (χ0) is 66.2. The van der Waals surface area contributed by atoms with E-state index >= 15 is 0 Å². The van der Waals surface area contributed by atoms with Crippen LogP contribution in [0.5, 0.6) is 17.2 Å². The molecule has 9 heterocycles. The van der Waals surface area contributed by atoms with E-state index in [-0.39, 0.29) is 195 Å². The minimum absolute atomic E-state index is 0. The van der Waals surface area contributed by atoms with Gasteiger partial charge < -0.3 is 55.2 Å². The van der Waals surface area contributed by atoms with Crippen LogP contribution in [0.1, 0.15) is 37.1 Å². The van der Waals surface area contributed by atoms with Crippen LogP contribution in [0.2, 0.25) is 15.1 Å². The molecule has 0 radical (unpaired) electrons. The zero-order valence-electron chi connectivity index (χ0n) is 53.8. The maximum atomic E-state index is 14.5. The van der Waals surface area contributed by atoms with Crippen molar-refractivity contribution in [1.82, 2.24) is 59.4 Å². The summed E-state index contributed by atoms with van der Waals surface area (Å²) in [7, 11) is 4.48. The van der Waals surface area contributed by atoms with Crippen molar-refractivity contribution in [3.8, 4) is 17.2 Å². The molecule has 0 bridgehead atoms. The Bertz CT molecular complexity index is 3950. The van der Waals surface area contributed by atoms with Crippen LogP contribution in [0.15, 0.2) is 110 Å². The molecule has 1 N–H and O–H groups in total. The first-order valence-electron chi connectivity index (χ1n) is 28.6. The number of aromatic nitrogens is 9. The number of hydrogen-bond acceptors (Lipinski definition) is 18. The number of pyridine rings is 3. The number of H-pyrrole nitrogens is 1. The van der Waals surface area contributed by atoms with E-state index in [4.69, 9.17) is 70.7 Å². The molecular formula is C63H74Cl4F3K2N15O9. The zero-order valence-corrected chi connectivity index (χ0v) is 62.0. The maximum Gasteiger partial charge on any atom is 1.00 e. The SMILES string of the molecule is C.C.COc1cc(N2CCN(C(=O)CCl)[C@@H](C)C2)c(F)cc1Cl.COc1cc(N2CCN(C(=O)Cn3cc4cccnc4n3)[C@@H](C)C2)c(F)cc1Cl.COc1cc(N2CCN(C(=O)Cn3ncc4cccnc43)[C@@H](C)C2)c(F)cc1Cl.O=CO[O-].[H-].[K+].[K+].c1cnc2[nH]ncc2c1. The molecule has 3 aliphatic rings. The number of hydrogen-bond donors (Lipinski definition) is 1. The number of amides is 3. The summed E-state index contributed by atoms with van der Waals surface area (Å²) in [5, 5.41) is 27.2. The van der Waals surface area contributed by atoms with Gasteiger partial charge in [0.15, 0.2) is 16.9 Å². The molecule has 3 aromatic carbocycles. The van der Waals surface area contributed by atoms with E-state index in [0.29, 0.717) is 105 Å². The van der Waals surface area contributed by atoms with Gasteiger partial charge in [-0.25, -0.2) is 32.8 Å². The Balaban J connectivity index is 0.000000341. The number of nitrogens with one attached hydrogen (secondary N) is 1. The average Bonchev–Trinajstić information content (AvgIpc) is 0.991. The number of nitrogens with zero attached hydrogens (tertiary/aromatic N) is 14. The molecule has 12 rings (SSSR count). The fourth-order valence-corrected chi connectivity index (χ4v) is 11.5. The fourth-order valence-electron chi connectivity index (χ4n) is 10.7. The summed E-state index contributed by atoms with van der Waals surface area (Å²) in [4.78, 5) is 72.2. The second-order valence-corrected chi connectivity index (χ2v) is 22.5. The van der Waals surface area contributed by atoms with Gasteiger partial charge in [0.2, 0.25) is 17.7 Å². The number of alkyl halides is 1. The molecule has 0 aliphatic carbocycles. The number of aromatic amines is 1. The van der Waals surface area contributed by atoms with Crippen molar-refractivity contribution in [2.75, 3.05) is 101 Å². The number of benzene rings is 3. The van der Waals surface area contributed by atoms with E-state index < -0.39 is 17.5 Å². The molecule has 3 saturated heterocycles. The van der Waals surface area contributed by atoms with Crippen LogP contribution in [-0.4, -0.2) is 188 Å². The number of ether oxygens (including phenoxy) is 3. The molecule has 24 nitrogen and oxygen atoms in total. The Hall–Kier alpha value is -5.62. The molecule has 3 atom stereocenters. The summed E-state index contributed by atoms with van der Waals surface area (Å²) in [6.07, 6.45) is 10.4. The van der Waals surface area contributed by atoms with Gasteiger partial charge in [0.1, 0.15) is 53.7 Å². The van der Waals surface area contributed by atoms with Crippen molar-refractivity contribution < 1.29 is 161 Å². The topological polar surface area (TPSA) is 251 Å². The molecule has 33 heteroatoms. The van der Waals surface area contributed by atoms with E-state index in [0.717, 1.165) is 21.8 Å². The molecular weight excluding hydrogens is 1390 g/mol. The first-order valence-corrected chi connectivity index (χ1v) is 30.3. The third kappa shape index (κ3) is 21.2. The Morgan fingerprint density at radius 3 is 1.45 bits per heavy atom. The summed E-state index contributed by atoms with van der Waals surface area (Å²) in [5.74, 6) is -0.131. The second kappa shape index (κ2) is 39.8. The Kier molecular flexibility index (Phi) is 34.4. The first kappa shape index (κ1) is 82.8. The molecule has 3 amide bonds.